The second-order valence-corrected chi connectivity index (χ2v) is 5.35. The van der Waals surface area contributed by atoms with E-state index in [4.69, 9.17) is 0 Å². The topological polar surface area (TPSA) is 29.0 Å². The van der Waals surface area contributed by atoms with Crippen molar-refractivity contribution < 1.29 is 32.1 Å². The Morgan fingerprint density at radius 2 is 1.68 bits per heavy atom. The zero-order valence-corrected chi connectivity index (χ0v) is 15.3. The molecular weight excluding hydrogens is 493 g/mol. The van der Waals surface area contributed by atoms with Gasteiger partial charge in [-0.2, -0.15) is 42.5 Å². The van der Waals surface area contributed by atoms with Crippen LogP contribution in [0.4, 0.5) is 0 Å². The van der Waals surface area contributed by atoms with Crippen LogP contribution in [0.3, 0.4) is 0 Å². The largest absolute Gasteiger partial charge is 3.00 e. The molecule has 1 heterocycles. The van der Waals surface area contributed by atoms with Gasteiger partial charge in [-0.05, 0) is 17.8 Å². The number of aromatic hydroxyl groups is 1. The van der Waals surface area contributed by atoms with E-state index in [1.807, 2.05) is 71.6 Å². The van der Waals surface area contributed by atoms with E-state index in [2.05, 4.69) is 18.5 Å². The molecule has 4 heteroatoms. The molecule has 0 bridgehead atoms. The first kappa shape index (κ1) is 17.2. The van der Waals surface area contributed by atoms with Gasteiger partial charge >= 0.3 is 22.4 Å². The van der Waals surface area contributed by atoms with Crippen LogP contribution in [0.2, 0.25) is 0 Å². The third-order valence-electron chi connectivity index (χ3n) is 3.76. The van der Waals surface area contributed by atoms with Crippen molar-refractivity contribution in [3.05, 3.63) is 97.6 Å². The number of para-hydroxylation sites is 2. The van der Waals surface area contributed by atoms with E-state index in [0.717, 1.165) is 16.8 Å². The van der Waals surface area contributed by atoms with Gasteiger partial charge in [-0.3, -0.25) is 4.57 Å². The van der Waals surface area contributed by atoms with Crippen molar-refractivity contribution in [2.24, 2.45) is 0 Å². The van der Waals surface area contributed by atoms with Crippen molar-refractivity contribution in [3.63, 3.8) is 0 Å². The van der Waals surface area contributed by atoms with Crippen LogP contribution in [0.15, 0.2) is 79.1 Å². The smallest absolute Gasteiger partial charge is 0.511 e. The molecule has 0 amide bonds. The van der Waals surface area contributed by atoms with Gasteiger partial charge in [-0.1, -0.05) is 12.1 Å². The Morgan fingerprint density at radius 1 is 0.880 bits per heavy atom. The summed E-state index contributed by atoms with van der Waals surface area (Å²) >= 11 is 0. The zero-order valence-electron chi connectivity index (χ0n) is 13.1. The van der Waals surface area contributed by atoms with Crippen molar-refractivity contribution in [2.75, 3.05) is 0 Å². The average molecular weight is 507 g/mol. The predicted octanol–water partition coefficient (Wildman–Crippen LogP) is 3.52. The third-order valence-corrected chi connectivity index (χ3v) is 3.76. The molecular formula is C21H14AuN2O+. The molecule has 4 aromatic rings. The quantitative estimate of drug-likeness (QED) is 0.257. The van der Waals surface area contributed by atoms with Crippen molar-refractivity contribution >= 4 is 0 Å². The monoisotopic (exact) mass is 507 g/mol. The first-order valence-electron chi connectivity index (χ1n) is 7.62. The fraction of sp³-hybridized carbons (Fsp3) is 0. The van der Waals surface area contributed by atoms with Crippen LogP contribution in [-0.4, -0.2) is 9.67 Å². The molecule has 1 aromatic heterocycles. The van der Waals surface area contributed by atoms with Gasteiger partial charge in [0.2, 0.25) is 0 Å². The Balaban J connectivity index is 0.00000182. The number of benzene rings is 3. The van der Waals surface area contributed by atoms with Crippen molar-refractivity contribution in [1.29, 1.82) is 0 Å². The first-order valence-corrected chi connectivity index (χ1v) is 7.62. The van der Waals surface area contributed by atoms with Crippen LogP contribution in [0.1, 0.15) is 0 Å². The maximum Gasteiger partial charge on any atom is 3.00 e. The molecule has 0 fully saturated rings. The number of aromatic nitrogens is 2. The molecule has 0 aliphatic carbocycles. The molecule has 0 radical (unpaired) electrons. The van der Waals surface area contributed by atoms with Gasteiger partial charge in [0.15, 0.2) is 0 Å². The Hall–Kier alpha value is -2.59. The van der Waals surface area contributed by atoms with Gasteiger partial charge in [-0.25, -0.2) is 11.1 Å². The minimum atomic E-state index is 0. The van der Waals surface area contributed by atoms with Gasteiger partial charge in [0.25, 0.3) is 6.33 Å². The fourth-order valence-corrected chi connectivity index (χ4v) is 2.57. The van der Waals surface area contributed by atoms with E-state index >= 15 is 0 Å². The van der Waals surface area contributed by atoms with Gasteiger partial charge in [0, 0.05) is 12.4 Å². The Bertz CT molecular complexity index is 980. The minimum Gasteiger partial charge on any atom is -0.511 e. The standard InChI is InChI=1S/C21H14N2O.Au/c24-21-12-5-4-11-20(21)23-14-13-22(16-23)19-10-6-9-18(15-19)17-7-2-1-3-8-17;/h1-7,9-14,24H;/q-2;+3. The second-order valence-electron chi connectivity index (χ2n) is 5.35. The molecule has 1 N–H and O–H groups in total. The normalized spacial score (nSPS) is 10.2. The van der Waals surface area contributed by atoms with Crippen LogP contribution >= 0.6 is 0 Å². The number of imidazole rings is 1. The summed E-state index contributed by atoms with van der Waals surface area (Å²) in [5.74, 6) is 0.216. The molecule has 4 rings (SSSR count). The number of nitrogens with zero attached hydrogens (tertiary/aromatic N) is 2. The molecule has 0 aliphatic rings. The van der Waals surface area contributed by atoms with Crippen molar-refractivity contribution in [3.8, 4) is 28.3 Å². The Morgan fingerprint density at radius 3 is 2.48 bits per heavy atom. The summed E-state index contributed by atoms with van der Waals surface area (Å²) in [6.07, 6.45) is 6.93. The van der Waals surface area contributed by atoms with Crippen LogP contribution < -0.4 is 4.57 Å². The van der Waals surface area contributed by atoms with E-state index in [-0.39, 0.29) is 28.1 Å². The average Bonchev–Trinajstić information content (AvgIpc) is 3.13. The number of phenolic OH excluding ortho intramolecular Hbond substituents is 1. The van der Waals surface area contributed by atoms with E-state index in [1.165, 1.54) is 0 Å². The SMILES string of the molecule is Oc1ccccc1-[n+]1[c-]n(-c2[c-]c(-c3[c-]cccc3)ccc2)cc1.[Au+3]. The molecule has 0 saturated carbocycles. The molecule has 25 heavy (non-hydrogen) atoms. The number of hydrogen-bond acceptors (Lipinski definition) is 1. The van der Waals surface area contributed by atoms with E-state index < -0.39 is 0 Å². The fourth-order valence-electron chi connectivity index (χ4n) is 2.57. The van der Waals surface area contributed by atoms with E-state index in [0.29, 0.717) is 5.69 Å². The third kappa shape index (κ3) is 3.59. The van der Waals surface area contributed by atoms with Gasteiger partial charge in [0.1, 0.15) is 11.4 Å². The molecule has 0 atom stereocenters. The zero-order chi connectivity index (χ0) is 16.4. The molecule has 0 saturated heterocycles. The number of phenols is 1. The summed E-state index contributed by atoms with van der Waals surface area (Å²) in [4.78, 5) is 0. The van der Waals surface area contributed by atoms with Crippen molar-refractivity contribution in [1.82, 2.24) is 4.57 Å². The minimum absolute atomic E-state index is 0. The van der Waals surface area contributed by atoms with Gasteiger partial charge < -0.3 is 9.67 Å². The number of hydrogen-bond donors (Lipinski definition) is 1. The summed E-state index contributed by atoms with van der Waals surface area (Å²) in [7, 11) is 0. The maximum absolute atomic E-state index is 9.97. The van der Waals surface area contributed by atoms with Crippen LogP contribution in [0, 0.1) is 18.5 Å². The summed E-state index contributed by atoms with van der Waals surface area (Å²) in [6, 6.07) is 27.6. The van der Waals surface area contributed by atoms with Crippen LogP contribution in [-0.2, 0) is 22.4 Å². The molecule has 0 spiro atoms. The molecule has 0 unspecified atom stereocenters. The van der Waals surface area contributed by atoms with Gasteiger partial charge in [-0.15, -0.1) is 12.1 Å². The van der Waals surface area contributed by atoms with Crippen LogP contribution in [0.5, 0.6) is 5.75 Å². The maximum atomic E-state index is 9.97. The summed E-state index contributed by atoms with van der Waals surface area (Å²) in [5, 5.41) is 9.97. The van der Waals surface area contributed by atoms with E-state index in [1.54, 1.807) is 16.7 Å². The number of rotatable bonds is 3. The van der Waals surface area contributed by atoms with E-state index in [9.17, 15) is 5.11 Å². The summed E-state index contributed by atoms with van der Waals surface area (Å²) in [6.45, 7) is 0. The predicted molar refractivity (Wildman–Crippen MR) is 90.9 cm³/mol. The summed E-state index contributed by atoms with van der Waals surface area (Å²) in [5.41, 5.74) is 3.53. The van der Waals surface area contributed by atoms with Crippen LogP contribution in [0.25, 0.3) is 22.5 Å². The molecule has 3 nitrogen and oxygen atoms in total. The summed E-state index contributed by atoms with van der Waals surface area (Å²) < 4.78 is 3.60. The first-order chi connectivity index (χ1) is 11.8. The van der Waals surface area contributed by atoms with Crippen molar-refractivity contribution in [2.45, 2.75) is 0 Å². The Kier molecular flexibility index (Phi) is 5.19. The van der Waals surface area contributed by atoms with Gasteiger partial charge in [0.05, 0.1) is 0 Å². The molecule has 3 aromatic carbocycles. The molecule has 124 valence electrons. The Labute approximate surface area is 162 Å². The second kappa shape index (κ2) is 7.53. The molecule has 0 aliphatic heterocycles.